The summed E-state index contributed by atoms with van der Waals surface area (Å²) in [5, 5.41) is 11.6. The molecule has 0 amide bonds. The predicted octanol–water partition coefficient (Wildman–Crippen LogP) is 11.9. The van der Waals surface area contributed by atoms with Crippen LogP contribution in [-0.4, -0.2) is 75.5 Å². The number of unbranched alkanes of at least 4 members (excludes halogenated alkanes) is 20. The van der Waals surface area contributed by atoms with Gasteiger partial charge in [0, 0.05) is 19.3 Å². The minimum atomic E-state index is -1.13. The number of hydrogen-bond acceptors (Lipinski definition) is 7. The van der Waals surface area contributed by atoms with Gasteiger partial charge in [-0.3, -0.25) is 9.59 Å². The Morgan fingerprint density at radius 2 is 0.966 bits per heavy atom. The van der Waals surface area contributed by atoms with Crippen molar-refractivity contribution in [1.29, 1.82) is 0 Å². The van der Waals surface area contributed by atoms with E-state index in [9.17, 15) is 19.5 Å². The second kappa shape index (κ2) is 41.0. The van der Waals surface area contributed by atoms with Crippen LogP contribution in [-0.2, 0) is 28.6 Å². The fourth-order valence-corrected chi connectivity index (χ4v) is 6.79. The van der Waals surface area contributed by atoms with E-state index in [2.05, 4.69) is 62.5 Å². The predicted molar refractivity (Wildman–Crippen MR) is 240 cm³/mol. The van der Waals surface area contributed by atoms with Gasteiger partial charge in [-0.15, -0.1) is 0 Å². The number of hydrogen-bond donors (Lipinski definition) is 0. The number of ether oxygens (including phenoxy) is 3. The molecule has 2 atom stereocenters. The Labute approximate surface area is 356 Å². The first-order valence-corrected chi connectivity index (χ1v) is 23.7. The summed E-state index contributed by atoms with van der Waals surface area (Å²) in [6, 6.07) is -0.728. The van der Waals surface area contributed by atoms with E-state index in [-0.39, 0.29) is 42.7 Å². The van der Waals surface area contributed by atoms with Crippen LogP contribution in [0.4, 0.5) is 0 Å². The molecule has 0 saturated carbocycles. The van der Waals surface area contributed by atoms with Crippen LogP contribution in [0.25, 0.3) is 0 Å². The van der Waals surface area contributed by atoms with Crippen molar-refractivity contribution in [3.63, 3.8) is 0 Å². The molecule has 0 rings (SSSR count). The highest BCUT2D eigenvalue weighted by Gasteiger charge is 2.25. The quantitative estimate of drug-likeness (QED) is 0.0262. The lowest BCUT2D eigenvalue weighted by molar-refractivity contribution is -0.889. The Morgan fingerprint density at radius 3 is 1.47 bits per heavy atom. The number of carbonyl (C=O) groups excluding carboxylic acids is 3. The fraction of sp³-hybridized carbons (Fsp3) is 0.780. The molecule has 336 valence electrons. The van der Waals surface area contributed by atoms with Gasteiger partial charge in [0.2, 0.25) is 0 Å². The molecule has 0 saturated heterocycles. The van der Waals surface area contributed by atoms with E-state index in [4.69, 9.17) is 14.2 Å². The van der Waals surface area contributed by atoms with Gasteiger partial charge in [-0.2, -0.15) is 0 Å². The first-order valence-electron chi connectivity index (χ1n) is 23.7. The first kappa shape index (κ1) is 55.3. The highest BCUT2D eigenvalue weighted by molar-refractivity contribution is 5.70. The zero-order valence-corrected chi connectivity index (χ0v) is 38.2. The third-order valence-electron chi connectivity index (χ3n) is 10.4. The largest absolute Gasteiger partial charge is 0.544 e. The Bertz CT molecular complexity index is 1090. The molecule has 0 heterocycles. The fourth-order valence-electron chi connectivity index (χ4n) is 6.79. The molecule has 0 aromatic carbocycles. The van der Waals surface area contributed by atoms with Crippen molar-refractivity contribution < 1.29 is 38.2 Å². The van der Waals surface area contributed by atoms with Crippen LogP contribution in [0.15, 0.2) is 48.6 Å². The number of esters is 2. The lowest BCUT2D eigenvalue weighted by atomic mass is 10.0. The van der Waals surface area contributed by atoms with Crippen molar-refractivity contribution in [2.45, 2.75) is 212 Å². The third kappa shape index (κ3) is 38.8. The molecule has 8 heteroatoms. The summed E-state index contributed by atoms with van der Waals surface area (Å²) in [5.41, 5.74) is 0. The standard InChI is InChI=1S/C50H89NO7/c1-6-8-10-12-14-16-18-20-21-22-23-24-25-26-27-29-31-33-35-37-39-41-49(53)58-46(44-56-43-42-47(50(54)55)51(3,4)5)45-57-48(52)40-38-36-34-32-30-28-19-17-15-13-11-9-7-2/h8,10,14,16,20-21,28,30,46-47H,6-7,9,11-13,15,17-19,22-27,29,31-45H2,1-5H3/b10-8+,16-14+,21-20+,30-28+. The Kier molecular flexibility index (Phi) is 39.1. The molecule has 2 unspecified atom stereocenters. The monoisotopic (exact) mass is 816 g/mol. The van der Waals surface area contributed by atoms with Gasteiger partial charge >= 0.3 is 11.9 Å². The Hall–Kier alpha value is -2.71. The number of allylic oxidation sites excluding steroid dienone is 8. The molecule has 58 heavy (non-hydrogen) atoms. The van der Waals surface area contributed by atoms with E-state index in [0.29, 0.717) is 12.8 Å². The molecule has 0 aromatic heterocycles. The van der Waals surface area contributed by atoms with E-state index >= 15 is 0 Å². The average Bonchev–Trinajstić information content (AvgIpc) is 3.18. The van der Waals surface area contributed by atoms with Gasteiger partial charge in [0.25, 0.3) is 0 Å². The topological polar surface area (TPSA) is 102 Å². The maximum absolute atomic E-state index is 12.7. The second-order valence-corrected chi connectivity index (χ2v) is 17.0. The summed E-state index contributed by atoms with van der Waals surface area (Å²) in [4.78, 5) is 36.9. The van der Waals surface area contributed by atoms with E-state index in [1.165, 1.54) is 96.3 Å². The van der Waals surface area contributed by atoms with Crippen molar-refractivity contribution in [1.82, 2.24) is 0 Å². The maximum Gasteiger partial charge on any atom is 0.306 e. The average molecular weight is 816 g/mol. The van der Waals surface area contributed by atoms with Crippen LogP contribution in [0.3, 0.4) is 0 Å². The van der Waals surface area contributed by atoms with Gasteiger partial charge in [-0.05, 0) is 70.6 Å². The van der Waals surface area contributed by atoms with E-state index in [0.717, 1.165) is 70.6 Å². The Balaban J connectivity index is 4.28. The van der Waals surface area contributed by atoms with Crippen LogP contribution in [0.1, 0.15) is 200 Å². The molecule has 0 aromatic rings. The number of likely N-dealkylation sites (N-methyl/N-ethyl adjacent to an activating group) is 1. The van der Waals surface area contributed by atoms with E-state index in [1.807, 2.05) is 0 Å². The minimum absolute atomic E-state index is 0.0352. The SMILES string of the molecule is CC/C=C/C/C=C/C/C=C/CCCCCCCCCCCCCC(=O)OC(COCCC(C(=O)[O-])[N+](C)(C)C)COC(=O)CCCCC/C=C/CCCCCCCC. The van der Waals surface area contributed by atoms with Gasteiger partial charge in [0.15, 0.2) is 6.10 Å². The summed E-state index contributed by atoms with van der Waals surface area (Å²) in [5.74, 6) is -1.76. The molecular weight excluding hydrogens is 727 g/mol. The Morgan fingerprint density at radius 1 is 0.534 bits per heavy atom. The number of aliphatic carboxylic acids is 1. The van der Waals surface area contributed by atoms with Crippen molar-refractivity contribution in [2.75, 3.05) is 41.0 Å². The highest BCUT2D eigenvalue weighted by Crippen LogP contribution is 2.15. The van der Waals surface area contributed by atoms with Gasteiger partial charge in [-0.1, -0.05) is 159 Å². The lowest BCUT2D eigenvalue weighted by Gasteiger charge is -2.34. The molecule has 0 aliphatic rings. The van der Waals surface area contributed by atoms with E-state index < -0.39 is 18.1 Å². The number of rotatable bonds is 42. The van der Waals surface area contributed by atoms with Crippen molar-refractivity contribution in [3.8, 4) is 0 Å². The number of nitrogens with zero attached hydrogens (tertiary/aromatic N) is 1. The van der Waals surface area contributed by atoms with Crippen molar-refractivity contribution >= 4 is 17.9 Å². The minimum Gasteiger partial charge on any atom is -0.544 e. The smallest absolute Gasteiger partial charge is 0.306 e. The number of carboxylic acids is 1. The van der Waals surface area contributed by atoms with Gasteiger partial charge in [0.05, 0.1) is 40.3 Å². The zero-order chi connectivity index (χ0) is 42.8. The van der Waals surface area contributed by atoms with Crippen LogP contribution in [0.2, 0.25) is 0 Å². The molecular formula is C50H89NO7. The summed E-state index contributed by atoms with van der Waals surface area (Å²) >= 11 is 0. The molecule has 0 radical (unpaired) electrons. The van der Waals surface area contributed by atoms with Crippen LogP contribution >= 0.6 is 0 Å². The molecule has 0 spiro atoms. The second-order valence-electron chi connectivity index (χ2n) is 17.0. The zero-order valence-electron chi connectivity index (χ0n) is 38.2. The highest BCUT2D eigenvalue weighted by atomic mass is 16.6. The summed E-state index contributed by atoms with van der Waals surface area (Å²) in [6.45, 7) is 4.53. The van der Waals surface area contributed by atoms with Gasteiger partial charge in [0.1, 0.15) is 12.6 Å². The number of carboxylic acid groups (broad SMARTS) is 1. The summed E-state index contributed by atoms with van der Waals surface area (Å²) < 4.78 is 17.2. The summed E-state index contributed by atoms with van der Waals surface area (Å²) in [7, 11) is 5.40. The third-order valence-corrected chi connectivity index (χ3v) is 10.4. The van der Waals surface area contributed by atoms with Crippen molar-refractivity contribution in [2.24, 2.45) is 0 Å². The summed E-state index contributed by atoms with van der Waals surface area (Å²) in [6.07, 6.45) is 48.5. The normalized spacial score (nSPS) is 13.3. The number of quaternary nitrogens is 1. The van der Waals surface area contributed by atoms with Gasteiger partial charge in [-0.25, -0.2) is 0 Å². The number of carbonyl (C=O) groups is 3. The lowest BCUT2D eigenvalue weighted by Crippen LogP contribution is -2.55. The van der Waals surface area contributed by atoms with Crippen molar-refractivity contribution in [3.05, 3.63) is 48.6 Å². The molecule has 0 aliphatic heterocycles. The maximum atomic E-state index is 12.7. The molecule has 8 nitrogen and oxygen atoms in total. The first-order chi connectivity index (χ1) is 28.1. The van der Waals surface area contributed by atoms with Crippen LogP contribution in [0, 0.1) is 0 Å². The van der Waals surface area contributed by atoms with Crippen LogP contribution < -0.4 is 5.11 Å². The van der Waals surface area contributed by atoms with Gasteiger partial charge < -0.3 is 28.6 Å². The van der Waals surface area contributed by atoms with Crippen LogP contribution in [0.5, 0.6) is 0 Å². The molecule has 0 bridgehead atoms. The molecule has 0 aliphatic carbocycles. The van der Waals surface area contributed by atoms with E-state index in [1.54, 1.807) is 21.1 Å². The molecule has 0 fully saturated rings. The molecule has 0 N–H and O–H groups in total.